The number of nitrogens with zero attached hydrogens (tertiary/aromatic N) is 2. The Morgan fingerprint density at radius 1 is 1.27 bits per heavy atom. The molecule has 0 bridgehead atoms. The minimum Gasteiger partial charge on any atom is -0.493 e. The average molecular weight is 359 g/mol. The Balaban J connectivity index is 2.11. The first-order chi connectivity index (χ1) is 12.4. The van der Waals surface area contributed by atoms with Crippen LogP contribution in [0.5, 0.6) is 11.5 Å². The van der Waals surface area contributed by atoms with Gasteiger partial charge in [-0.05, 0) is 19.4 Å². The number of hydrogen-bond acceptors (Lipinski definition) is 4. The van der Waals surface area contributed by atoms with Gasteiger partial charge in [0.1, 0.15) is 0 Å². The number of amides is 3. The first-order valence-electron chi connectivity index (χ1n) is 8.73. The Hall–Kier alpha value is -2.70. The lowest BCUT2D eigenvalue weighted by Crippen LogP contribution is -2.45. The molecule has 0 aromatic heterocycles. The van der Waals surface area contributed by atoms with Crippen LogP contribution < -0.4 is 14.8 Å². The van der Waals surface area contributed by atoms with E-state index in [1.165, 1.54) is 4.90 Å². The minimum atomic E-state index is -0.569. The van der Waals surface area contributed by atoms with E-state index in [2.05, 4.69) is 5.32 Å². The number of methoxy groups -OCH3 is 2. The summed E-state index contributed by atoms with van der Waals surface area (Å²) < 4.78 is 10.9. The molecule has 3 rings (SSSR count). The third-order valence-electron chi connectivity index (χ3n) is 5.26. The van der Waals surface area contributed by atoms with Gasteiger partial charge in [0.05, 0.1) is 38.1 Å². The molecule has 2 aliphatic rings. The fourth-order valence-corrected chi connectivity index (χ4v) is 3.54. The van der Waals surface area contributed by atoms with Crippen LogP contribution in [0.4, 0.5) is 4.79 Å². The summed E-state index contributed by atoms with van der Waals surface area (Å²) in [6.07, 6.45) is 0.852. The minimum absolute atomic E-state index is 0.0453. The monoisotopic (exact) mass is 359 g/mol. The van der Waals surface area contributed by atoms with E-state index in [4.69, 9.17) is 9.47 Å². The van der Waals surface area contributed by atoms with Gasteiger partial charge in [-0.3, -0.25) is 9.69 Å². The first-order valence-corrected chi connectivity index (χ1v) is 8.73. The van der Waals surface area contributed by atoms with Crippen molar-refractivity contribution in [2.45, 2.75) is 32.4 Å². The Bertz CT molecular complexity index is 774. The molecule has 26 heavy (non-hydrogen) atoms. The molecule has 0 saturated carbocycles. The van der Waals surface area contributed by atoms with Gasteiger partial charge < -0.3 is 19.7 Å². The van der Waals surface area contributed by atoms with E-state index < -0.39 is 6.04 Å². The predicted octanol–water partition coefficient (Wildman–Crippen LogP) is 2.29. The van der Waals surface area contributed by atoms with E-state index in [0.717, 1.165) is 12.1 Å². The van der Waals surface area contributed by atoms with Crippen LogP contribution in [0.15, 0.2) is 29.5 Å². The van der Waals surface area contributed by atoms with Crippen molar-refractivity contribution in [3.05, 3.63) is 35.0 Å². The number of likely N-dealkylation sites (N-methyl/N-ethyl adjacent to an activating group) is 1. The van der Waals surface area contributed by atoms with Gasteiger partial charge >= 0.3 is 6.03 Å². The van der Waals surface area contributed by atoms with Gasteiger partial charge in [0.15, 0.2) is 11.5 Å². The number of rotatable bonds is 5. The standard InChI is InChI=1S/C19H25N3O4/c1-6-11(2)22-10-13-15(18(22)23)16(20-19(24)21(13)3)12-8-7-9-14(25-4)17(12)26-5/h7-9,11,16H,6,10H2,1-5H3,(H,20,24)/t11-,16-/m1/s1. The molecule has 0 saturated heterocycles. The molecule has 0 unspecified atom stereocenters. The van der Waals surface area contributed by atoms with E-state index in [1.807, 2.05) is 30.9 Å². The maximum Gasteiger partial charge on any atom is 0.322 e. The summed E-state index contributed by atoms with van der Waals surface area (Å²) in [4.78, 5) is 29.0. The van der Waals surface area contributed by atoms with E-state index in [0.29, 0.717) is 29.2 Å². The van der Waals surface area contributed by atoms with Gasteiger partial charge in [0.2, 0.25) is 0 Å². The predicted molar refractivity (Wildman–Crippen MR) is 97.1 cm³/mol. The van der Waals surface area contributed by atoms with Crippen molar-refractivity contribution >= 4 is 11.9 Å². The Labute approximate surface area is 153 Å². The van der Waals surface area contributed by atoms with Crippen LogP contribution in [0, 0.1) is 0 Å². The molecular formula is C19H25N3O4. The highest BCUT2D eigenvalue weighted by molar-refractivity contribution is 6.01. The van der Waals surface area contributed by atoms with Crippen molar-refractivity contribution in [1.29, 1.82) is 0 Å². The van der Waals surface area contributed by atoms with Crippen molar-refractivity contribution in [3.63, 3.8) is 0 Å². The summed E-state index contributed by atoms with van der Waals surface area (Å²) in [6.45, 7) is 4.51. The van der Waals surface area contributed by atoms with E-state index in [1.54, 1.807) is 27.3 Å². The highest BCUT2D eigenvalue weighted by Crippen LogP contribution is 2.42. The molecule has 2 heterocycles. The molecule has 1 N–H and O–H groups in total. The number of carbonyl (C=O) groups is 2. The highest BCUT2D eigenvalue weighted by atomic mass is 16.5. The largest absolute Gasteiger partial charge is 0.493 e. The van der Waals surface area contributed by atoms with E-state index >= 15 is 0 Å². The van der Waals surface area contributed by atoms with Crippen LogP contribution in [0.3, 0.4) is 0 Å². The first kappa shape index (κ1) is 18.1. The third-order valence-corrected chi connectivity index (χ3v) is 5.26. The van der Waals surface area contributed by atoms with Crippen molar-refractivity contribution in [2.24, 2.45) is 0 Å². The maximum atomic E-state index is 13.1. The Kier molecular flexibility index (Phi) is 4.80. The number of nitrogens with one attached hydrogen (secondary N) is 1. The molecule has 140 valence electrons. The van der Waals surface area contributed by atoms with Crippen molar-refractivity contribution in [3.8, 4) is 11.5 Å². The summed E-state index contributed by atoms with van der Waals surface area (Å²) in [5, 5.41) is 2.93. The van der Waals surface area contributed by atoms with Crippen molar-refractivity contribution in [1.82, 2.24) is 15.1 Å². The molecule has 2 atom stereocenters. The van der Waals surface area contributed by atoms with Gasteiger partial charge in [0.25, 0.3) is 5.91 Å². The zero-order valence-corrected chi connectivity index (χ0v) is 15.8. The van der Waals surface area contributed by atoms with E-state index in [-0.39, 0.29) is 18.0 Å². The van der Waals surface area contributed by atoms with Crippen LogP contribution in [0.2, 0.25) is 0 Å². The van der Waals surface area contributed by atoms with Gasteiger partial charge in [-0.1, -0.05) is 19.1 Å². The summed E-state index contributed by atoms with van der Waals surface area (Å²) in [5.74, 6) is 1.03. The molecule has 0 aliphatic carbocycles. The summed E-state index contributed by atoms with van der Waals surface area (Å²) in [5.41, 5.74) is 2.05. The zero-order valence-electron chi connectivity index (χ0n) is 15.8. The fourth-order valence-electron chi connectivity index (χ4n) is 3.54. The van der Waals surface area contributed by atoms with Crippen molar-refractivity contribution < 1.29 is 19.1 Å². The van der Waals surface area contributed by atoms with Crippen LogP contribution in [0.25, 0.3) is 0 Å². The number of para-hydroxylation sites is 1. The molecule has 0 spiro atoms. The third kappa shape index (κ3) is 2.67. The summed E-state index contributed by atoms with van der Waals surface area (Å²) in [7, 11) is 4.80. The number of urea groups is 1. The van der Waals surface area contributed by atoms with Crippen LogP contribution >= 0.6 is 0 Å². The lowest BCUT2D eigenvalue weighted by Gasteiger charge is -2.31. The number of ether oxygens (including phenoxy) is 2. The SMILES string of the molecule is CC[C@@H](C)N1CC2=C(C1=O)[C@@H](c1cccc(OC)c1OC)NC(=O)N2C. The molecule has 0 radical (unpaired) electrons. The number of benzene rings is 1. The average Bonchev–Trinajstić information content (AvgIpc) is 3.01. The van der Waals surface area contributed by atoms with Crippen LogP contribution in [-0.2, 0) is 4.79 Å². The molecular weight excluding hydrogens is 334 g/mol. The van der Waals surface area contributed by atoms with Gasteiger partial charge in [-0.15, -0.1) is 0 Å². The molecule has 2 aliphatic heterocycles. The summed E-state index contributed by atoms with van der Waals surface area (Å²) in [6, 6.07) is 4.76. The molecule has 0 fully saturated rings. The molecule has 1 aromatic carbocycles. The second-order valence-electron chi connectivity index (χ2n) is 6.57. The molecule has 1 aromatic rings. The second kappa shape index (κ2) is 6.90. The number of carbonyl (C=O) groups excluding carboxylic acids is 2. The van der Waals surface area contributed by atoms with Crippen LogP contribution in [-0.4, -0.2) is 55.6 Å². The smallest absolute Gasteiger partial charge is 0.322 e. The van der Waals surface area contributed by atoms with Gasteiger partial charge in [-0.2, -0.15) is 0 Å². The fraction of sp³-hybridized carbons (Fsp3) is 0.474. The maximum absolute atomic E-state index is 13.1. The zero-order chi connectivity index (χ0) is 19.0. The highest BCUT2D eigenvalue weighted by Gasteiger charge is 2.44. The molecule has 7 nitrogen and oxygen atoms in total. The van der Waals surface area contributed by atoms with Gasteiger partial charge in [-0.25, -0.2) is 4.79 Å². The lowest BCUT2D eigenvalue weighted by atomic mass is 9.94. The topological polar surface area (TPSA) is 71.1 Å². The normalized spacial score (nSPS) is 20.9. The Morgan fingerprint density at radius 2 is 2.00 bits per heavy atom. The van der Waals surface area contributed by atoms with Crippen LogP contribution in [0.1, 0.15) is 31.9 Å². The summed E-state index contributed by atoms with van der Waals surface area (Å²) >= 11 is 0. The van der Waals surface area contributed by atoms with Gasteiger partial charge in [0, 0.05) is 18.7 Å². The van der Waals surface area contributed by atoms with Crippen molar-refractivity contribution in [2.75, 3.05) is 27.8 Å². The Morgan fingerprint density at radius 3 is 2.62 bits per heavy atom. The lowest BCUT2D eigenvalue weighted by molar-refractivity contribution is -0.127. The quantitative estimate of drug-likeness (QED) is 0.876. The van der Waals surface area contributed by atoms with E-state index in [9.17, 15) is 9.59 Å². The second-order valence-corrected chi connectivity index (χ2v) is 6.57. The molecule has 7 heteroatoms. The molecule has 3 amide bonds. The number of hydrogen-bond donors (Lipinski definition) is 1.